The molecule has 1 amide bonds. The number of hydrogen-bond donors (Lipinski definition) is 2. The Morgan fingerprint density at radius 3 is 3.20 bits per heavy atom. The fourth-order valence-electron chi connectivity index (χ4n) is 2.04. The van der Waals surface area contributed by atoms with Crippen LogP contribution in [0.1, 0.15) is 6.42 Å². The van der Waals surface area contributed by atoms with Crippen molar-refractivity contribution in [2.24, 2.45) is 0 Å². The van der Waals surface area contributed by atoms with Gasteiger partial charge in [-0.1, -0.05) is 0 Å². The van der Waals surface area contributed by atoms with E-state index >= 15 is 0 Å². The molecule has 0 bridgehead atoms. The third kappa shape index (κ3) is 3.15. The van der Waals surface area contributed by atoms with Crippen molar-refractivity contribution in [3.63, 3.8) is 0 Å². The van der Waals surface area contributed by atoms with Crippen molar-refractivity contribution in [3.05, 3.63) is 0 Å². The van der Waals surface area contributed by atoms with Crippen LogP contribution in [0.15, 0.2) is 0 Å². The monoisotopic (exact) mass is 213 g/mol. The van der Waals surface area contributed by atoms with Gasteiger partial charge < -0.3 is 20.3 Å². The van der Waals surface area contributed by atoms with Gasteiger partial charge >= 0.3 is 0 Å². The lowest BCUT2D eigenvalue weighted by atomic mass is 10.2. The molecule has 2 saturated heterocycles. The molecule has 0 aromatic heterocycles. The first-order valence-electron chi connectivity index (χ1n) is 5.54. The van der Waals surface area contributed by atoms with Gasteiger partial charge in [0.05, 0.1) is 12.7 Å². The van der Waals surface area contributed by atoms with Crippen LogP contribution in [-0.4, -0.2) is 62.8 Å². The number of carbonyl (C=O) groups excluding carboxylic acids is 1. The van der Waals surface area contributed by atoms with E-state index < -0.39 is 0 Å². The van der Waals surface area contributed by atoms with Gasteiger partial charge in [-0.05, 0) is 7.05 Å². The van der Waals surface area contributed by atoms with Crippen LogP contribution >= 0.6 is 0 Å². The van der Waals surface area contributed by atoms with Crippen LogP contribution in [0.2, 0.25) is 0 Å². The quantitative estimate of drug-likeness (QED) is 0.618. The van der Waals surface area contributed by atoms with Crippen LogP contribution < -0.4 is 10.6 Å². The summed E-state index contributed by atoms with van der Waals surface area (Å²) in [7, 11) is 2.11. The molecule has 2 N–H and O–H groups in total. The van der Waals surface area contributed by atoms with E-state index in [0.717, 1.165) is 32.8 Å². The SMILES string of the molecule is CN1CCOC(CNC2CNC(=O)C2)C1. The lowest BCUT2D eigenvalue weighted by molar-refractivity contribution is -0.119. The number of nitrogens with one attached hydrogen (secondary N) is 2. The number of morpholine rings is 1. The average Bonchev–Trinajstić information content (AvgIpc) is 2.62. The summed E-state index contributed by atoms with van der Waals surface area (Å²) in [6.45, 7) is 4.39. The first-order chi connectivity index (χ1) is 7.24. The van der Waals surface area contributed by atoms with E-state index in [0.29, 0.717) is 6.42 Å². The Hall–Kier alpha value is -0.650. The van der Waals surface area contributed by atoms with Crippen molar-refractivity contribution in [1.29, 1.82) is 0 Å². The summed E-state index contributed by atoms with van der Waals surface area (Å²) in [5.74, 6) is 0.147. The Bertz CT molecular complexity index is 235. The standard InChI is InChI=1S/C10H19N3O2/c1-13-2-3-15-9(7-13)6-11-8-4-10(14)12-5-8/h8-9,11H,2-7H2,1H3,(H,12,14). The number of carbonyl (C=O) groups is 1. The number of hydrogen-bond acceptors (Lipinski definition) is 4. The summed E-state index contributed by atoms with van der Waals surface area (Å²) in [6, 6.07) is 0.285. The lowest BCUT2D eigenvalue weighted by Crippen LogP contribution is -2.47. The first kappa shape index (κ1) is 10.9. The molecule has 0 saturated carbocycles. The molecule has 2 unspecified atom stereocenters. The van der Waals surface area contributed by atoms with Crippen molar-refractivity contribution in [3.8, 4) is 0 Å². The number of amides is 1. The maximum absolute atomic E-state index is 11.0. The summed E-state index contributed by atoms with van der Waals surface area (Å²) in [4.78, 5) is 13.2. The molecule has 5 nitrogen and oxygen atoms in total. The Labute approximate surface area is 90.1 Å². The highest BCUT2D eigenvalue weighted by molar-refractivity contribution is 5.78. The third-order valence-corrected chi connectivity index (χ3v) is 2.95. The van der Waals surface area contributed by atoms with E-state index in [2.05, 4.69) is 22.6 Å². The van der Waals surface area contributed by atoms with Gasteiger partial charge in [-0.3, -0.25) is 4.79 Å². The zero-order chi connectivity index (χ0) is 10.7. The van der Waals surface area contributed by atoms with Crippen molar-refractivity contribution >= 4 is 5.91 Å². The second-order valence-corrected chi connectivity index (χ2v) is 4.37. The maximum Gasteiger partial charge on any atom is 0.221 e. The summed E-state index contributed by atoms with van der Waals surface area (Å²) in [5, 5.41) is 6.18. The molecule has 0 aromatic carbocycles. The summed E-state index contributed by atoms with van der Waals surface area (Å²) in [5.41, 5.74) is 0. The van der Waals surface area contributed by atoms with Gasteiger partial charge in [0.1, 0.15) is 0 Å². The highest BCUT2D eigenvalue weighted by Gasteiger charge is 2.23. The minimum Gasteiger partial charge on any atom is -0.374 e. The molecular formula is C10H19N3O2. The van der Waals surface area contributed by atoms with Gasteiger partial charge in [-0.2, -0.15) is 0 Å². The van der Waals surface area contributed by atoms with Gasteiger partial charge in [0.25, 0.3) is 0 Å². The Morgan fingerprint density at radius 1 is 1.67 bits per heavy atom. The minimum atomic E-state index is 0.147. The molecule has 2 aliphatic heterocycles. The molecule has 0 aliphatic carbocycles. The highest BCUT2D eigenvalue weighted by Crippen LogP contribution is 2.04. The predicted molar refractivity (Wildman–Crippen MR) is 56.7 cm³/mol. The molecule has 2 atom stereocenters. The van der Waals surface area contributed by atoms with Gasteiger partial charge in [0.2, 0.25) is 5.91 Å². The molecule has 86 valence electrons. The van der Waals surface area contributed by atoms with E-state index in [1.807, 2.05) is 0 Å². The van der Waals surface area contributed by atoms with Gasteiger partial charge in [0, 0.05) is 38.6 Å². The van der Waals surface area contributed by atoms with Gasteiger partial charge in [-0.15, -0.1) is 0 Å². The van der Waals surface area contributed by atoms with Crippen LogP contribution in [0.3, 0.4) is 0 Å². The molecule has 0 spiro atoms. The van der Waals surface area contributed by atoms with Crippen LogP contribution in [0, 0.1) is 0 Å². The summed E-state index contributed by atoms with van der Waals surface area (Å²) in [6.07, 6.45) is 0.863. The molecule has 0 aromatic rings. The van der Waals surface area contributed by atoms with E-state index in [4.69, 9.17) is 4.74 Å². The van der Waals surface area contributed by atoms with E-state index in [1.165, 1.54) is 0 Å². The third-order valence-electron chi connectivity index (χ3n) is 2.95. The Morgan fingerprint density at radius 2 is 2.53 bits per heavy atom. The van der Waals surface area contributed by atoms with Crippen LogP contribution in [0.4, 0.5) is 0 Å². The molecular weight excluding hydrogens is 194 g/mol. The summed E-state index contributed by atoms with van der Waals surface area (Å²) < 4.78 is 5.63. The fraction of sp³-hybridized carbons (Fsp3) is 0.900. The lowest BCUT2D eigenvalue weighted by Gasteiger charge is -2.30. The van der Waals surface area contributed by atoms with E-state index in [1.54, 1.807) is 0 Å². The van der Waals surface area contributed by atoms with Crippen molar-refractivity contribution in [1.82, 2.24) is 15.5 Å². The Balaban J connectivity index is 1.66. The topological polar surface area (TPSA) is 53.6 Å². The smallest absolute Gasteiger partial charge is 0.221 e. The van der Waals surface area contributed by atoms with Crippen molar-refractivity contribution in [2.45, 2.75) is 18.6 Å². The normalized spacial score (nSPS) is 33.0. The number of nitrogens with zero attached hydrogens (tertiary/aromatic N) is 1. The molecule has 15 heavy (non-hydrogen) atoms. The number of rotatable bonds is 3. The second kappa shape index (κ2) is 4.92. The molecule has 5 heteroatoms. The first-order valence-corrected chi connectivity index (χ1v) is 5.54. The molecule has 0 radical (unpaired) electrons. The highest BCUT2D eigenvalue weighted by atomic mass is 16.5. The second-order valence-electron chi connectivity index (χ2n) is 4.37. The summed E-state index contributed by atoms with van der Waals surface area (Å²) >= 11 is 0. The number of likely N-dealkylation sites (N-methyl/N-ethyl adjacent to an activating group) is 1. The predicted octanol–water partition coefficient (Wildman–Crippen LogP) is -1.20. The van der Waals surface area contributed by atoms with Gasteiger partial charge in [-0.25, -0.2) is 0 Å². The number of ether oxygens (including phenoxy) is 1. The fourth-order valence-corrected chi connectivity index (χ4v) is 2.04. The van der Waals surface area contributed by atoms with Crippen molar-refractivity contribution < 1.29 is 9.53 Å². The molecule has 2 heterocycles. The van der Waals surface area contributed by atoms with Crippen LogP contribution in [0.5, 0.6) is 0 Å². The Kier molecular flexibility index (Phi) is 3.56. The zero-order valence-electron chi connectivity index (χ0n) is 9.16. The average molecular weight is 213 g/mol. The van der Waals surface area contributed by atoms with Crippen LogP contribution in [-0.2, 0) is 9.53 Å². The minimum absolute atomic E-state index is 0.147. The molecule has 2 aliphatic rings. The van der Waals surface area contributed by atoms with Gasteiger partial charge in [0.15, 0.2) is 0 Å². The van der Waals surface area contributed by atoms with Crippen LogP contribution in [0.25, 0.3) is 0 Å². The molecule has 2 fully saturated rings. The van der Waals surface area contributed by atoms with Crippen molar-refractivity contribution in [2.75, 3.05) is 39.8 Å². The largest absolute Gasteiger partial charge is 0.374 e. The van der Waals surface area contributed by atoms with E-state index in [9.17, 15) is 4.79 Å². The zero-order valence-corrected chi connectivity index (χ0v) is 9.16. The maximum atomic E-state index is 11.0. The molecule has 2 rings (SSSR count). The van der Waals surface area contributed by atoms with E-state index in [-0.39, 0.29) is 18.1 Å².